The number of nitro benzene ring substituents is 1. The number of aryl methyl sites for hydroxylation is 1. The molecule has 0 bridgehead atoms. The maximum absolute atomic E-state index is 10.9. The van der Waals surface area contributed by atoms with Crippen LogP contribution in [0, 0.1) is 28.4 Å². The van der Waals surface area contributed by atoms with Gasteiger partial charge >= 0.3 is 0 Å². The van der Waals surface area contributed by atoms with Crippen molar-refractivity contribution in [1.29, 1.82) is 5.26 Å². The Labute approximate surface area is 126 Å². The first-order chi connectivity index (χ1) is 10.0. The molecule has 0 atom stereocenters. The lowest BCUT2D eigenvalue weighted by molar-refractivity contribution is -0.384. The van der Waals surface area contributed by atoms with E-state index in [0.29, 0.717) is 11.1 Å². The molecule has 0 unspecified atom stereocenters. The van der Waals surface area contributed by atoms with Crippen molar-refractivity contribution < 1.29 is 4.92 Å². The van der Waals surface area contributed by atoms with E-state index in [2.05, 4.69) is 4.98 Å². The second-order valence-electron chi connectivity index (χ2n) is 4.30. The summed E-state index contributed by atoms with van der Waals surface area (Å²) in [6.45, 7) is 1.78. The van der Waals surface area contributed by atoms with Crippen molar-refractivity contribution in [1.82, 2.24) is 4.98 Å². The van der Waals surface area contributed by atoms with Crippen molar-refractivity contribution in [3.8, 4) is 6.07 Å². The quantitative estimate of drug-likeness (QED) is 0.488. The van der Waals surface area contributed by atoms with E-state index in [1.165, 1.54) is 18.3 Å². The van der Waals surface area contributed by atoms with Crippen LogP contribution >= 0.6 is 11.6 Å². The topological polar surface area (TPSA) is 79.8 Å². The molecular weight excluding hydrogens is 290 g/mol. The molecule has 5 nitrogen and oxygen atoms in total. The number of nitrogens with zero attached hydrogens (tertiary/aromatic N) is 3. The van der Waals surface area contributed by atoms with Gasteiger partial charge in [0.15, 0.2) is 0 Å². The van der Waals surface area contributed by atoms with Gasteiger partial charge in [-0.25, -0.2) is 0 Å². The van der Waals surface area contributed by atoms with Gasteiger partial charge in [-0.2, -0.15) is 5.26 Å². The summed E-state index contributed by atoms with van der Waals surface area (Å²) in [5.41, 5.74) is 1.94. The molecule has 0 aliphatic rings. The summed E-state index contributed by atoms with van der Waals surface area (Å²) in [5.74, 6) is 0. The molecule has 0 saturated carbocycles. The maximum Gasteiger partial charge on any atom is 0.270 e. The number of halogens is 1. The Kier molecular flexibility index (Phi) is 4.31. The molecule has 104 valence electrons. The third-order valence-corrected chi connectivity index (χ3v) is 3.34. The van der Waals surface area contributed by atoms with E-state index < -0.39 is 4.92 Å². The molecule has 0 N–H and O–H groups in total. The standard InChI is InChI=1S/C15H10ClN3O2/c1-10-4-5-12(19(20)21)7-13(10)15(16)14(8-17)11-3-2-6-18-9-11/h2-7,9H,1H3/b15-14+. The lowest BCUT2D eigenvalue weighted by Gasteiger charge is -2.07. The van der Waals surface area contributed by atoms with E-state index in [0.717, 1.165) is 5.56 Å². The van der Waals surface area contributed by atoms with Gasteiger partial charge in [0.05, 0.1) is 15.5 Å². The Balaban J connectivity index is 2.64. The highest BCUT2D eigenvalue weighted by Gasteiger charge is 2.15. The Bertz CT molecular complexity index is 764. The highest BCUT2D eigenvalue weighted by molar-refractivity contribution is 6.53. The van der Waals surface area contributed by atoms with Gasteiger partial charge in [0, 0.05) is 35.7 Å². The number of aromatic nitrogens is 1. The SMILES string of the molecule is Cc1ccc([N+](=O)[O-])cc1/C(Cl)=C(/C#N)c1cccnc1. The zero-order chi connectivity index (χ0) is 15.4. The summed E-state index contributed by atoms with van der Waals surface area (Å²) in [6.07, 6.45) is 3.11. The van der Waals surface area contributed by atoms with Crippen LogP contribution in [-0.2, 0) is 0 Å². The van der Waals surface area contributed by atoms with Crippen molar-refractivity contribution in [3.63, 3.8) is 0 Å². The second kappa shape index (κ2) is 6.16. The molecule has 0 saturated heterocycles. The molecule has 6 heteroatoms. The summed E-state index contributed by atoms with van der Waals surface area (Å²) in [6, 6.07) is 9.80. The molecule has 1 aromatic heterocycles. The van der Waals surface area contributed by atoms with E-state index in [-0.39, 0.29) is 16.3 Å². The summed E-state index contributed by atoms with van der Waals surface area (Å²) < 4.78 is 0. The van der Waals surface area contributed by atoms with E-state index in [1.807, 2.05) is 6.07 Å². The molecule has 0 radical (unpaired) electrons. The smallest absolute Gasteiger partial charge is 0.264 e. The number of hydrogen-bond donors (Lipinski definition) is 0. The first kappa shape index (κ1) is 14.7. The minimum absolute atomic E-state index is 0.0720. The molecule has 0 aliphatic carbocycles. The third kappa shape index (κ3) is 3.07. The maximum atomic E-state index is 10.9. The van der Waals surface area contributed by atoms with Gasteiger partial charge in [-0.05, 0) is 18.6 Å². The number of allylic oxidation sites excluding steroid dienone is 1. The van der Waals surface area contributed by atoms with E-state index in [9.17, 15) is 15.4 Å². The Morgan fingerprint density at radius 1 is 1.43 bits per heavy atom. The number of non-ortho nitro benzene ring substituents is 1. The summed E-state index contributed by atoms with van der Waals surface area (Å²) >= 11 is 6.30. The van der Waals surface area contributed by atoms with Crippen molar-refractivity contribution in [2.24, 2.45) is 0 Å². The largest absolute Gasteiger partial charge is 0.270 e. The predicted octanol–water partition coefficient (Wildman–Crippen LogP) is 3.93. The van der Waals surface area contributed by atoms with Crippen LogP contribution in [0.1, 0.15) is 16.7 Å². The van der Waals surface area contributed by atoms with Gasteiger partial charge in [-0.15, -0.1) is 0 Å². The van der Waals surface area contributed by atoms with Crippen LogP contribution in [0.25, 0.3) is 10.6 Å². The number of nitriles is 1. The molecule has 2 aromatic rings. The van der Waals surface area contributed by atoms with Crippen molar-refractivity contribution >= 4 is 27.9 Å². The molecular formula is C15H10ClN3O2. The van der Waals surface area contributed by atoms with Crippen LogP contribution in [0.5, 0.6) is 0 Å². The predicted molar refractivity (Wildman–Crippen MR) is 80.4 cm³/mol. The number of pyridine rings is 1. The zero-order valence-corrected chi connectivity index (χ0v) is 11.8. The van der Waals surface area contributed by atoms with Gasteiger partial charge in [0.25, 0.3) is 5.69 Å². The lowest BCUT2D eigenvalue weighted by Crippen LogP contribution is -1.93. The van der Waals surface area contributed by atoms with Crippen LogP contribution in [0.15, 0.2) is 42.7 Å². The van der Waals surface area contributed by atoms with Gasteiger partial charge in [-0.3, -0.25) is 15.1 Å². The second-order valence-corrected chi connectivity index (χ2v) is 4.68. The fourth-order valence-corrected chi connectivity index (χ4v) is 2.20. The summed E-state index contributed by atoms with van der Waals surface area (Å²) in [7, 11) is 0. The average Bonchev–Trinajstić information content (AvgIpc) is 2.49. The van der Waals surface area contributed by atoms with Crippen LogP contribution in [0.4, 0.5) is 5.69 Å². The highest BCUT2D eigenvalue weighted by atomic mass is 35.5. The fraction of sp³-hybridized carbons (Fsp3) is 0.0667. The third-order valence-electron chi connectivity index (χ3n) is 2.95. The lowest BCUT2D eigenvalue weighted by atomic mass is 10.0. The highest BCUT2D eigenvalue weighted by Crippen LogP contribution is 2.32. The minimum atomic E-state index is -0.497. The van der Waals surface area contributed by atoms with Gasteiger partial charge in [-0.1, -0.05) is 23.7 Å². The van der Waals surface area contributed by atoms with Crippen LogP contribution in [0.3, 0.4) is 0 Å². The summed E-state index contributed by atoms with van der Waals surface area (Å²) in [5, 5.41) is 20.4. The van der Waals surface area contributed by atoms with Gasteiger partial charge < -0.3 is 0 Å². The first-order valence-corrected chi connectivity index (χ1v) is 6.38. The molecule has 21 heavy (non-hydrogen) atoms. The molecule has 1 aromatic carbocycles. The minimum Gasteiger partial charge on any atom is -0.264 e. The molecule has 2 rings (SSSR count). The van der Waals surface area contributed by atoms with Crippen LogP contribution in [0.2, 0.25) is 0 Å². The number of nitro groups is 1. The Hall–Kier alpha value is -2.71. The van der Waals surface area contributed by atoms with E-state index in [4.69, 9.17) is 11.6 Å². The zero-order valence-electron chi connectivity index (χ0n) is 11.1. The van der Waals surface area contributed by atoms with Gasteiger partial charge in [0.2, 0.25) is 0 Å². The van der Waals surface area contributed by atoms with E-state index in [1.54, 1.807) is 31.3 Å². The van der Waals surface area contributed by atoms with Crippen molar-refractivity contribution in [2.45, 2.75) is 6.92 Å². The molecule has 0 aliphatic heterocycles. The summed E-state index contributed by atoms with van der Waals surface area (Å²) in [4.78, 5) is 14.3. The normalized spacial score (nSPS) is 11.5. The van der Waals surface area contributed by atoms with Crippen LogP contribution in [-0.4, -0.2) is 9.91 Å². The Morgan fingerprint density at radius 2 is 2.19 bits per heavy atom. The van der Waals surface area contributed by atoms with E-state index >= 15 is 0 Å². The fourth-order valence-electron chi connectivity index (χ4n) is 1.85. The Morgan fingerprint density at radius 3 is 2.76 bits per heavy atom. The van der Waals surface area contributed by atoms with Crippen molar-refractivity contribution in [2.75, 3.05) is 0 Å². The number of benzene rings is 1. The molecule has 1 heterocycles. The first-order valence-electron chi connectivity index (χ1n) is 6.00. The number of rotatable bonds is 3. The molecule has 0 fully saturated rings. The molecule has 0 amide bonds. The van der Waals surface area contributed by atoms with Gasteiger partial charge in [0.1, 0.15) is 6.07 Å². The average molecular weight is 300 g/mol. The monoisotopic (exact) mass is 299 g/mol. The molecule has 0 spiro atoms. The number of hydrogen-bond acceptors (Lipinski definition) is 4. The van der Waals surface area contributed by atoms with Crippen LogP contribution < -0.4 is 0 Å². The van der Waals surface area contributed by atoms with Crippen molar-refractivity contribution in [3.05, 3.63) is 69.5 Å².